The molecule has 0 amide bonds. The van der Waals surface area contributed by atoms with Gasteiger partial charge in [-0.1, -0.05) is 174 Å². The molecule has 1 radical (unpaired) electrons. The van der Waals surface area contributed by atoms with Gasteiger partial charge in [0, 0.05) is 42.9 Å². The van der Waals surface area contributed by atoms with Crippen molar-refractivity contribution in [3.8, 4) is 50.6 Å². The van der Waals surface area contributed by atoms with Gasteiger partial charge in [0.05, 0.1) is 30.5 Å². The number of rotatable bonds is 8. The summed E-state index contributed by atoms with van der Waals surface area (Å²) in [6.07, 6.45) is 3.25. The zero-order chi connectivity index (χ0) is 44.6. The number of pyridine rings is 1. The van der Waals surface area contributed by atoms with Crippen molar-refractivity contribution in [2.24, 2.45) is 5.92 Å². The molecule has 3 aromatic heterocycles. The van der Waals surface area contributed by atoms with Gasteiger partial charge in [-0.15, -0.1) is 53.6 Å². The molecule has 0 aliphatic carbocycles. The average Bonchev–Trinajstić information content (AvgIpc) is 3.88. The molecule has 4 nitrogen and oxygen atoms in total. The van der Waals surface area contributed by atoms with E-state index in [0.717, 1.165) is 78.9 Å². The first-order chi connectivity index (χ1) is 30.8. The Bertz CT molecular complexity index is 3230. The van der Waals surface area contributed by atoms with E-state index < -0.39 is 8.07 Å². The number of aromatic nitrogens is 3. The average molecular weight is 1040 g/mol. The van der Waals surface area contributed by atoms with Gasteiger partial charge in [0.25, 0.3) is 0 Å². The molecule has 10 rings (SSSR count). The fourth-order valence-corrected chi connectivity index (χ4v) is 10.3. The van der Waals surface area contributed by atoms with E-state index in [1.165, 1.54) is 27.4 Å². The molecule has 10 aromatic rings. The third-order valence-corrected chi connectivity index (χ3v) is 14.0. The summed E-state index contributed by atoms with van der Waals surface area (Å²) in [4.78, 5) is 9.95. The summed E-state index contributed by atoms with van der Waals surface area (Å²) in [6.45, 7) is 18.5. The maximum atomic E-state index is 6.43. The minimum Gasteiger partial charge on any atom is -0.501 e. The molecule has 0 unspecified atom stereocenters. The Labute approximate surface area is 398 Å². The SMILES string of the molecule is CC(C)Cc1cc(-c2[c-]cc(C(C)(C)C)cc2)ncc1[Si](C)(C)C.[Ir].[c-]1ccc2c(oc3ccccc32)c1-c1nc2ccccc2n1-c1ccc(-c2ccccc2)cc1-c1ccccc1. The second-order valence-corrected chi connectivity index (χ2v) is 24.3. The summed E-state index contributed by atoms with van der Waals surface area (Å²) in [5.41, 5.74) is 15.2. The molecule has 0 aliphatic rings. The van der Waals surface area contributed by atoms with Gasteiger partial charge in [0.2, 0.25) is 0 Å². The Balaban J connectivity index is 0.000000199. The molecule has 0 N–H and O–H groups in total. The van der Waals surface area contributed by atoms with E-state index in [2.05, 4.69) is 211 Å². The van der Waals surface area contributed by atoms with Gasteiger partial charge >= 0.3 is 0 Å². The van der Waals surface area contributed by atoms with E-state index in [-0.39, 0.29) is 25.5 Å². The predicted molar refractivity (Wildman–Crippen MR) is 272 cm³/mol. The number of para-hydroxylation sites is 3. The van der Waals surface area contributed by atoms with Crippen LogP contribution in [0.15, 0.2) is 174 Å². The molecule has 3 heterocycles. The summed E-state index contributed by atoms with van der Waals surface area (Å²) in [7, 11) is -1.38. The first kappa shape index (κ1) is 45.4. The maximum Gasteiger partial charge on any atom is 0.120 e. The topological polar surface area (TPSA) is 43.9 Å². The minimum absolute atomic E-state index is 0. The molecule has 327 valence electrons. The van der Waals surface area contributed by atoms with Crippen molar-refractivity contribution in [3.63, 3.8) is 0 Å². The van der Waals surface area contributed by atoms with Crippen LogP contribution in [-0.2, 0) is 31.9 Å². The van der Waals surface area contributed by atoms with Gasteiger partial charge in [-0.2, -0.15) is 0 Å². The van der Waals surface area contributed by atoms with Crippen LogP contribution in [0.5, 0.6) is 0 Å². The zero-order valence-corrected chi connectivity index (χ0v) is 41.9. The standard InChI is InChI=1S/C37H23N2O.C22H32NSi.Ir/c1-3-12-25(13-4-1)27-22-23-33(31(24-27)26-14-5-2-6-15-26)39-34-20-9-8-19-32(34)38-37(39)30-18-11-17-29-28-16-7-10-21-35(28)40-36(29)30;1-16(2)13-18-14-20(23-15-21(18)24(6,7)8)17-9-11-19(12-10-17)22(3,4)5;/h1-17,19-24H;9,11-12,14-16H,13H2,1-8H3;/q2*-1;. The Morgan fingerprint density at radius 1 is 0.692 bits per heavy atom. The molecule has 0 fully saturated rings. The van der Waals surface area contributed by atoms with Crippen molar-refractivity contribution in [1.82, 2.24) is 14.5 Å². The summed E-state index contributed by atoms with van der Waals surface area (Å²) in [6, 6.07) is 64.0. The molecule has 0 bridgehead atoms. The predicted octanol–water partition coefficient (Wildman–Crippen LogP) is 15.3. The maximum absolute atomic E-state index is 6.43. The zero-order valence-electron chi connectivity index (χ0n) is 38.5. The van der Waals surface area contributed by atoms with Gasteiger partial charge in [0.15, 0.2) is 0 Å². The second-order valence-electron chi connectivity index (χ2n) is 19.2. The summed E-state index contributed by atoms with van der Waals surface area (Å²) in [5, 5.41) is 3.64. The Morgan fingerprint density at radius 2 is 1.38 bits per heavy atom. The van der Waals surface area contributed by atoms with Crippen molar-refractivity contribution in [3.05, 3.63) is 193 Å². The Hall–Kier alpha value is -6.17. The van der Waals surface area contributed by atoms with E-state index in [1.807, 2.05) is 30.3 Å². The van der Waals surface area contributed by atoms with Gasteiger partial charge in [-0.05, 0) is 75.7 Å². The van der Waals surface area contributed by atoms with Crippen LogP contribution in [0.1, 0.15) is 45.7 Å². The number of benzene rings is 7. The number of hydrogen-bond acceptors (Lipinski definition) is 3. The number of hydrogen-bond donors (Lipinski definition) is 0. The van der Waals surface area contributed by atoms with Crippen molar-refractivity contribution in [1.29, 1.82) is 0 Å². The van der Waals surface area contributed by atoms with Crippen LogP contribution in [0, 0.1) is 18.1 Å². The van der Waals surface area contributed by atoms with E-state index in [4.69, 9.17) is 14.4 Å². The molecule has 6 heteroatoms. The van der Waals surface area contributed by atoms with Crippen molar-refractivity contribution >= 4 is 46.2 Å². The summed E-state index contributed by atoms with van der Waals surface area (Å²) >= 11 is 0. The molecule has 0 saturated heterocycles. The van der Waals surface area contributed by atoms with Crippen LogP contribution in [0.4, 0.5) is 0 Å². The summed E-state index contributed by atoms with van der Waals surface area (Å²) in [5.74, 6) is 1.46. The van der Waals surface area contributed by atoms with Crippen LogP contribution in [-0.4, -0.2) is 22.6 Å². The van der Waals surface area contributed by atoms with Crippen LogP contribution < -0.4 is 5.19 Å². The van der Waals surface area contributed by atoms with Crippen molar-refractivity contribution in [2.75, 3.05) is 0 Å². The van der Waals surface area contributed by atoms with E-state index in [0.29, 0.717) is 5.92 Å². The molecule has 7 aromatic carbocycles. The van der Waals surface area contributed by atoms with Crippen LogP contribution in [0.2, 0.25) is 19.6 Å². The van der Waals surface area contributed by atoms with E-state index in [1.54, 1.807) is 0 Å². The molecular formula is C59H55IrN3OSi-2. The first-order valence-electron chi connectivity index (χ1n) is 22.4. The quantitative estimate of drug-likeness (QED) is 0.113. The molecule has 0 spiro atoms. The van der Waals surface area contributed by atoms with Crippen molar-refractivity contribution in [2.45, 2.75) is 66.1 Å². The molecular weight excluding hydrogens is 987 g/mol. The second kappa shape index (κ2) is 18.7. The molecule has 0 atom stereocenters. The van der Waals surface area contributed by atoms with Crippen LogP contribution >= 0.6 is 0 Å². The van der Waals surface area contributed by atoms with E-state index >= 15 is 0 Å². The molecule has 0 saturated carbocycles. The number of fused-ring (bicyclic) bond motifs is 4. The monoisotopic (exact) mass is 1040 g/mol. The minimum atomic E-state index is -1.38. The molecule has 0 aliphatic heterocycles. The largest absolute Gasteiger partial charge is 0.501 e. The third-order valence-electron chi connectivity index (χ3n) is 11.9. The normalized spacial score (nSPS) is 11.8. The number of furan rings is 1. The summed E-state index contributed by atoms with van der Waals surface area (Å²) < 4.78 is 8.69. The van der Waals surface area contributed by atoms with Gasteiger partial charge in [-0.25, -0.2) is 0 Å². The third kappa shape index (κ3) is 9.49. The first-order valence-corrected chi connectivity index (χ1v) is 25.9. The number of imidazole rings is 1. The van der Waals surface area contributed by atoms with Gasteiger partial charge in [0.1, 0.15) is 5.58 Å². The fraction of sp³-hybridized carbons (Fsp3) is 0.186. The number of nitrogens with zero attached hydrogens (tertiary/aromatic N) is 3. The van der Waals surface area contributed by atoms with Crippen molar-refractivity contribution < 1.29 is 24.5 Å². The van der Waals surface area contributed by atoms with Crippen LogP contribution in [0.25, 0.3) is 83.6 Å². The van der Waals surface area contributed by atoms with Crippen LogP contribution in [0.3, 0.4) is 0 Å². The Kier molecular flexibility index (Phi) is 13.1. The smallest absolute Gasteiger partial charge is 0.120 e. The Morgan fingerprint density at radius 3 is 2.08 bits per heavy atom. The van der Waals surface area contributed by atoms with E-state index in [9.17, 15) is 0 Å². The fourth-order valence-electron chi connectivity index (χ4n) is 8.66. The molecule has 65 heavy (non-hydrogen) atoms. The van der Waals surface area contributed by atoms with Gasteiger partial charge in [-0.3, -0.25) is 4.98 Å². The van der Waals surface area contributed by atoms with Gasteiger partial charge < -0.3 is 14.0 Å².